The summed E-state index contributed by atoms with van der Waals surface area (Å²) < 4.78 is 2.13. The summed E-state index contributed by atoms with van der Waals surface area (Å²) in [6.45, 7) is 4.83. The third-order valence-corrected chi connectivity index (χ3v) is 5.79. The van der Waals surface area contributed by atoms with E-state index >= 15 is 0 Å². The molecule has 1 aliphatic heterocycles. The monoisotopic (exact) mass is 410 g/mol. The van der Waals surface area contributed by atoms with E-state index in [1.54, 1.807) is 6.20 Å². The fraction of sp³-hybridized carbons (Fsp3) is 0.318. The summed E-state index contributed by atoms with van der Waals surface area (Å²) in [6.07, 6.45) is 4.09. The van der Waals surface area contributed by atoms with Crippen molar-refractivity contribution in [1.82, 2.24) is 20.2 Å². The number of hydrogen-bond acceptors (Lipinski definition) is 3. The Morgan fingerprint density at radius 1 is 1.17 bits per heavy atom. The zero-order valence-electron chi connectivity index (χ0n) is 16.4. The van der Waals surface area contributed by atoms with Gasteiger partial charge in [0.25, 0.3) is 0 Å². The highest BCUT2D eigenvalue weighted by molar-refractivity contribution is 6.31. The van der Waals surface area contributed by atoms with Gasteiger partial charge in [0.05, 0.1) is 0 Å². The Hall–Kier alpha value is -2.86. The van der Waals surface area contributed by atoms with Gasteiger partial charge in [-0.05, 0) is 42.8 Å². The number of halogens is 1. The van der Waals surface area contributed by atoms with Crippen LogP contribution in [0.1, 0.15) is 31.0 Å². The van der Waals surface area contributed by atoms with Crippen molar-refractivity contribution in [2.45, 2.75) is 44.8 Å². The number of nitrogens with zero attached hydrogens (tertiary/aromatic N) is 2. The summed E-state index contributed by atoms with van der Waals surface area (Å²) in [5, 5.41) is 7.44. The van der Waals surface area contributed by atoms with Crippen LogP contribution in [0.4, 0.5) is 0 Å². The van der Waals surface area contributed by atoms with Crippen molar-refractivity contribution in [2.24, 2.45) is 0 Å². The lowest BCUT2D eigenvalue weighted by molar-refractivity contribution is -0.137. The maximum absolute atomic E-state index is 12.9. The molecule has 0 spiro atoms. The Morgan fingerprint density at radius 3 is 2.72 bits per heavy atom. The predicted molar refractivity (Wildman–Crippen MR) is 113 cm³/mol. The molecule has 1 aliphatic rings. The molecular weight excluding hydrogens is 388 g/mol. The molecule has 1 aromatic carbocycles. The number of hydrogen-bond donors (Lipinski definition) is 2. The van der Waals surface area contributed by atoms with Crippen LogP contribution in [0.15, 0.2) is 48.8 Å². The molecule has 3 atom stereocenters. The van der Waals surface area contributed by atoms with Gasteiger partial charge in [0.2, 0.25) is 11.8 Å². The normalized spacial score (nSPS) is 20.4. The summed E-state index contributed by atoms with van der Waals surface area (Å²) in [6, 6.07) is 10.0. The number of carbonyl (C=O) groups is 2. The molecule has 3 heterocycles. The summed E-state index contributed by atoms with van der Waals surface area (Å²) in [7, 11) is 0. The van der Waals surface area contributed by atoms with Crippen molar-refractivity contribution >= 4 is 34.3 Å². The van der Waals surface area contributed by atoms with E-state index in [-0.39, 0.29) is 17.7 Å². The van der Waals surface area contributed by atoms with Crippen LogP contribution in [-0.2, 0) is 22.6 Å². The number of aryl methyl sites for hydroxylation is 1. The standard InChI is InChI=1S/C22H23ClN4O2/c1-3-27-12-17(16-10-14(23)7-8-19(16)27)13(2)20-22(29)25-18(21(28)26-20)11-15-6-4-5-9-24-15/h4-10,12-13,18,20H,3,11H2,1-2H3,(H,25,29)(H,26,28)/t13-,18-,20-/m1/s1. The molecule has 3 aromatic rings. The van der Waals surface area contributed by atoms with Crippen molar-refractivity contribution in [3.8, 4) is 0 Å². The van der Waals surface area contributed by atoms with E-state index in [0.29, 0.717) is 11.4 Å². The molecule has 7 heteroatoms. The van der Waals surface area contributed by atoms with Crippen LogP contribution >= 0.6 is 11.6 Å². The topological polar surface area (TPSA) is 76.0 Å². The number of piperazine rings is 1. The molecule has 0 aliphatic carbocycles. The Balaban J connectivity index is 1.58. The van der Waals surface area contributed by atoms with Gasteiger partial charge < -0.3 is 15.2 Å². The molecule has 0 unspecified atom stereocenters. The molecule has 1 fully saturated rings. The summed E-state index contributed by atoms with van der Waals surface area (Å²) in [5.74, 6) is -0.578. The van der Waals surface area contributed by atoms with Crippen molar-refractivity contribution in [1.29, 1.82) is 0 Å². The Bertz CT molecular complexity index is 1060. The van der Waals surface area contributed by atoms with Crippen LogP contribution in [0, 0.1) is 0 Å². The molecule has 4 rings (SSSR count). The Labute approximate surface area is 174 Å². The number of pyridine rings is 1. The van der Waals surface area contributed by atoms with E-state index in [9.17, 15) is 9.59 Å². The molecule has 0 saturated carbocycles. The lowest BCUT2D eigenvalue weighted by Gasteiger charge is -2.32. The summed E-state index contributed by atoms with van der Waals surface area (Å²) >= 11 is 6.22. The predicted octanol–water partition coefficient (Wildman–Crippen LogP) is 3.04. The largest absolute Gasteiger partial charge is 0.347 e. The zero-order chi connectivity index (χ0) is 20.5. The highest BCUT2D eigenvalue weighted by Crippen LogP contribution is 2.32. The second kappa shape index (κ2) is 7.87. The smallest absolute Gasteiger partial charge is 0.243 e. The van der Waals surface area contributed by atoms with E-state index < -0.39 is 12.1 Å². The number of aromatic nitrogens is 2. The minimum absolute atomic E-state index is 0.183. The molecule has 0 radical (unpaired) electrons. The number of rotatable bonds is 5. The van der Waals surface area contributed by atoms with Crippen molar-refractivity contribution in [2.75, 3.05) is 0 Å². The second-order valence-electron chi connectivity index (χ2n) is 7.39. The van der Waals surface area contributed by atoms with Gasteiger partial charge >= 0.3 is 0 Å². The minimum atomic E-state index is -0.641. The van der Waals surface area contributed by atoms with Crippen LogP contribution in [0.3, 0.4) is 0 Å². The van der Waals surface area contributed by atoms with Gasteiger partial charge in [-0.3, -0.25) is 14.6 Å². The maximum atomic E-state index is 12.9. The molecule has 6 nitrogen and oxygen atoms in total. The first-order valence-corrected chi connectivity index (χ1v) is 10.1. The molecular formula is C22H23ClN4O2. The van der Waals surface area contributed by atoms with Gasteiger partial charge in [-0.1, -0.05) is 24.6 Å². The molecule has 150 valence electrons. The van der Waals surface area contributed by atoms with Crippen LogP contribution in [0.25, 0.3) is 10.9 Å². The quantitative estimate of drug-likeness (QED) is 0.678. The van der Waals surface area contributed by atoms with Crippen molar-refractivity contribution < 1.29 is 9.59 Å². The highest BCUT2D eigenvalue weighted by Gasteiger charge is 2.38. The van der Waals surface area contributed by atoms with Gasteiger partial charge in [-0.2, -0.15) is 0 Å². The second-order valence-corrected chi connectivity index (χ2v) is 7.83. The van der Waals surface area contributed by atoms with E-state index in [4.69, 9.17) is 11.6 Å². The maximum Gasteiger partial charge on any atom is 0.243 e. The van der Waals surface area contributed by atoms with E-state index in [1.165, 1.54) is 0 Å². The molecule has 29 heavy (non-hydrogen) atoms. The zero-order valence-corrected chi connectivity index (χ0v) is 17.1. The molecule has 2 N–H and O–H groups in total. The average molecular weight is 411 g/mol. The summed E-state index contributed by atoms with van der Waals surface area (Å²) in [4.78, 5) is 29.8. The first-order valence-electron chi connectivity index (χ1n) is 9.77. The number of carbonyl (C=O) groups excluding carboxylic acids is 2. The lowest BCUT2D eigenvalue weighted by Crippen LogP contribution is -2.63. The number of nitrogens with one attached hydrogen (secondary N) is 2. The van der Waals surface area contributed by atoms with Gasteiger partial charge in [-0.25, -0.2) is 0 Å². The van der Waals surface area contributed by atoms with Crippen molar-refractivity contribution in [3.63, 3.8) is 0 Å². The van der Waals surface area contributed by atoms with Gasteiger partial charge in [0, 0.05) is 52.9 Å². The molecule has 0 bridgehead atoms. The van der Waals surface area contributed by atoms with Crippen molar-refractivity contribution in [3.05, 3.63) is 65.1 Å². The van der Waals surface area contributed by atoms with Gasteiger partial charge in [0.15, 0.2) is 0 Å². The first kappa shape index (κ1) is 19.5. The number of amides is 2. The van der Waals surface area contributed by atoms with Crippen LogP contribution < -0.4 is 10.6 Å². The number of benzene rings is 1. The van der Waals surface area contributed by atoms with E-state index in [1.807, 2.05) is 49.5 Å². The average Bonchev–Trinajstić information content (AvgIpc) is 3.08. The highest BCUT2D eigenvalue weighted by atomic mass is 35.5. The first-order chi connectivity index (χ1) is 14.0. The van der Waals surface area contributed by atoms with Gasteiger partial charge in [0.1, 0.15) is 12.1 Å². The van der Waals surface area contributed by atoms with E-state index in [2.05, 4.69) is 27.1 Å². The third-order valence-electron chi connectivity index (χ3n) is 5.56. The third kappa shape index (κ3) is 3.72. The Morgan fingerprint density at radius 2 is 2.00 bits per heavy atom. The fourth-order valence-electron chi connectivity index (χ4n) is 3.97. The molecule has 2 aromatic heterocycles. The summed E-state index contributed by atoms with van der Waals surface area (Å²) in [5.41, 5.74) is 2.82. The SMILES string of the molecule is CCn1cc([C@@H](C)[C@H]2NC(=O)[C@@H](Cc3ccccn3)NC2=O)c2cc(Cl)ccc21. The van der Waals surface area contributed by atoms with Gasteiger partial charge in [-0.15, -0.1) is 0 Å². The van der Waals surface area contributed by atoms with Crippen LogP contribution in [0.5, 0.6) is 0 Å². The number of fused-ring (bicyclic) bond motifs is 1. The fourth-order valence-corrected chi connectivity index (χ4v) is 4.14. The minimum Gasteiger partial charge on any atom is -0.347 e. The lowest BCUT2D eigenvalue weighted by atomic mass is 9.90. The Kier molecular flexibility index (Phi) is 5.28. The molecule has 2 amide bonds. The van der Waals surface area contributed by atoms with Crippen LogP contribution in [0.2, 0.25) is 5.02 Å². The molecule has 1 saturated heterocycles. The van der Waals surface area contributed by atoms with E-state index in [0.717, 1.165) is 28.7 Å². The van der Waals surface area contributed by atoms with Crippen LogP contribution in [-0.4, -0.2) is 33.4 Å².